The van der Waals surface area contributed by atoms with Crippen molar-refractivity contribution >= 4 is 11.9 Å². The quantitative estimate of drug-likeness (QED) is 0.494. The van der Waals surface area contributed by atoms with Gasteiger partial charge in [-0.25, -0.2) is 0 Å². The number of unbranched alkanes of at least 4 members (excludes halogenated alkanes) is 4. The first-order valence-corrected chi connectivity index (χ1v) is 5.54. The molecule has 0 bridgehead atoms. The van der Waals surface area contributed by atoms with E-state index in [9.17, 15) is 9.59 Å². The Kier molecular flexibility index (Phi) is 8.82. The van der Waals surface area contributed by atoms with Crippen LogP contribution in [0.25, 0.3) is 0 Å². The largest absolute Gasteiger partial charge is 0.468 e. The minimum absolute atomic E-state index is 0.0235. The number of carbonyl (C=O) groups excluding carboxylic acids is 2. The highest BCUT2D eigenvalue weighted by Gasteiger charge is 2.04. The average molecular weight is 215 g/mol. The molecule has 0 fully saturated rings. The van der Waals surface area contributed by atoms with Crippen molar-refractivity contribution in [3.05, 3.63) is 0 Å². The number of rotatable bonds is 8. The Hall–Kier alpha value is -1.06. The van der Waals surface area contributed by atoms with Crippen molar-refractivity contribution < 1.29 is 14.3 Å². The van der Waals surface area contributed by atoms with Gasteiger partial charge in [-0.1, -0.05) is 32.6 Å². The second kappa shape index (κ2) is 9.49. The summed E-state index contributed by atoms with van der Waals surface area (Å²) in [7, 11) is 1.30. The Morgan fingerprint density at radius 3 is 2.40 bits per heavy atom. The van der Waals surface area contributed by atoms with Crippen LogP contribution >= 0.6 is 0 Å². The van der Waals surface area contributed by atoms with Crippen LogP contribution in [0.1, 0.15) is 45.4 Å². The molecule has 0 rings (SSSR count). The van der Waals surface area contributed by atoms with E-state index in [1.165, 1.54) is 26.4 Å². The molecule has 0 unspecified atom stereocenters. The minimum atomic E-state index is -0.408. The fourth-order valence-corrected chi connectivity index (χ4v) is 1.22. The average Bonchev–Trinajstić information content (AvgIpc) is 2.25. The van der Waals surface area contributed by atoms with E-state index in [2.05, 4.69) is 17.0 Å². The third kappa shape index (κ3) is 9.25. The van der Waals surface area contributed by atoms with Crippen molar-refractivity contribution in [2.24, 2.45) is 0 Å². The summed E-state index contributed by atoms with van der Waals surface area (Å²) in [6, 6.07) is 0. The maximum atomic E-state index is 11.2. The zero-order valence-corrected chi connectivity index (χ0v) is 9.67. The van der Waals surface area contributed by atoms with Crippen LogP contribution in [0.2, 0.25) is 0 Å². The first-order chi connectivity index (χ1) is 7.20. The topological polar surface area (TPSA) is 55.4 Å². The van der Waals surface area contributed by atoms with E-state index in [0.29, 0.717) is 6.42 Å². The molecular weight excluding hydrogens is 194 g/mol. The summed E-state index contributed by atoms with van der Waals surface area (Å²) in [5.74, 6) is -0.480. The Morgan fingerprint density at radius 1 is 1.13 bits per heavy atom. The lowest BCUT2D eigenvalue weighted by Crippen LogP contribution is -2.29. The lowest BCUT2D eigenvalue weighted by atomic mass is 10.1. The number of ether oxygens (including phenoxy) is 1. The van der Waals surface area contributed by atoms with Crippen LogP contribution in [-0.2, 0) is 14.3 Å². The van der Waals surface area contributed by atoms with E-state index in [1.807, 2.05) is 0 Å². The van der Waals surface area contributed by atoms with E-state index in [-0.39, 0.29) is 12.5 Å². The lowest BCUT2D eigenvalue weighted by molar-refractivity contribution is -0.141. The minimum Gasteiger partial charge on any atom is -0.468 e. The first-order valence-electron chi connectivity index (χ1n) is 5.54. The number of amides is 1. The van der Waals surface area contributed by atoms with E-state index in [4.69, 9.17) is 0 Å². The molecule has 0 aromatic carbocycles. The molecule has 0 aromatic rings. The van der Waals surface area contributed by atoms with Crippen molar-refractivity contribution in [3.8, 4) is 0 Å². The van der Waals surface area contributed by atoms with Gasteiger partial charge in [0.05, 0.1) is 7.11 Å². The Labute approximate surface area is 91.4 Å². The van der Waals surface area contributed by atoms with Gasteiger partial charge in [0, 0.05) is 6.42 Å². The predicted octanol–water partition coefficient (Wildman–Crippen LogP) is 1.64. The number of esters is 1. The number of nitrogens with one attached hydrogen (secondary N) is 1. The normalized spacial score (nSPS) is 9.73. The summed E-state index contributed by atoms with van der Waals surface area (Å²) in [6.45, 7) is 2.13. The van der Waals surface area contributed by atoms with Crippen molar-refractivity contribution in [1.82, 2.24) is 5.32 Å². The molecule has 4 heteroatoms. The molecule has 0 aromatic heterocycles. The fourth-order valence-electron chi connectivity index (χ4n) is 1.22. The molecule has 0 atom stereocenters. The van der Waals surface area contributed by atoms with Crippen molar-refractivity contribution in [2.75, 3.05) is 13.7 Å². The summed E-state index contributed by atoms with van der Waals surface area (Å²) in [5.41, 5.74) is 0. The molecule has 0 saturated carbocycles. The zero-order chi connectivity index (χ0) is 11.5. The molecule has 0 aliphatic carbocycles. The molecule has 0 aliphatic heterocycles. The van der Waals surface area contributed by atoms with Crippen molar-refractivity contribution in [3.63, 3.8) is 0 Å². The van der Waals surface area contributed by atoms with Crippen LogP contribution in [0.15, 0.2) is 0 Å². The van der Waals surface area contributed by atoms with Crippen LogP contribution in [0, 0.1) is 0 Å². The van der Waals surface area contributed by atoms with Gasteiger partial charge in [-0.2, -0.15) is 0 Å². The highest BCUT2D eigenvalue weighted by atomic mass is 16.5. The number of hydrogen-bond donors (Lipinski definition) is 1. The molecular formula is C11H21NO3. The van der Waals surface area contributed by atoms with Gasteiger partial charge in [-0.15, -0.1) is 0 Å². The smallest absolute Gasteiger partial charge is 0.325 e. The van der Waals surface area contributed by atoms with Gasteiger partial charge >= 0.3 is 5.97 Å². The Bertz CT molecular complexity index is 192. The molecule has 4 nitrogen and oxygen atoms in total. The molecule has 0 heterocycles. The molecule has 0 aliphatic rings. The summed E-state index contributed by atoms with van der Waals surface area (Å²) in [5, 5.41) is 2.51. The van der Waals surface area contributed by atoms with Gasteiger partial charge in [0.25, 0.3) is 0 Å². The van der Waals surface area contributed by atoms with Gasteiger partial charge in [-0.05, 0) is 6.42 Å². The predicted molar refractivity (Wildman–Crippen MR) is 58.4 cm³/mol. The summed E-state index contributed by atoms with van der Waals surface area (Å²) in [6.07, 6.45) is 6.09. The van der Waals surface area contributed by atoms with Crippen LogP contribution in [0.3, 0.4) is 0 Å². The summed E-state index contributed by atoms with van der Waals surface area (Å²) >= 11 is 0. The molecule has 1 amide bonds. The van der Waals surface area contributed by atoms with E-state index in [1.54, 1.807) is 0 Å². The third-order valence-electron chi connectivity index (χ3n) is 2.16. The maximum Gasteiger partial charge on any atom is 0.325 e. The van der Waals surface area contributed by atoms with E-state index in [0.717, 1.165) is 12.8 Å². The second-order valence-corrected chi connectivity index (χ2v) is 3.52. The molecule has 0 spiro atoms. The number of hydrogen-bond acceptors (Lipinski definition) is 3. The third-order valence-corrected chi connectivity index (χ3v) is 2.16. The molecule has 0 radical (unpaired) electrons. The summed E-state index contributed by atoms with van der Waals surface area (Å²) < 4.78 is 4.40. The molecule has 0 saturated heterocycles. The lowest BCUT2D eigenvalue weighted by Gasteiger charge is -2.03. The van der Waals surface area contributed by atoms with Gasteiger partial charge in [0.2, 0.25) is 5.91 Å². The van der Waals surface area contributed by atoms with Gasteiger partial charge in [0.15, 0.2) is 0 Å². The van der Waals surface area contributed by atoms with Crippen LogP contribution in [0.5, 0.6) is 0 Å². The van der Waals surface area contributed by atoms with E-state index < -0.39 is 5.97 Å². The van der Waals surface area contributed by atoms with Gasteiger partial charge < -0.3 is 10.1 Å². The van der Waals surface area contributed by atoms with Gasteiger partial charge in [0.1, 0.15) is 6.54 Å². The molecule has 15 heavy (non-hydrogen) atoms. The number of methoxy groups -OCH3 is 1. The van der Waals surface area contributed by atoms with Crippen molar-refractivity contribution in [2.45, 2.75) is 45.4 Å². The summed E-state index contributed by atoms with van der Waals surface area (Å²) in [4.78, 5) is 21.9. The van der Waals surface area contributed by atoms with Crippen LogP contribution in [-0.4, -0.2) is 25.5 Å². The van der Waals surface area contributed by atoms with E-state index >= 15 is 0 Å². The Morgan fingerprint density at radius 2 is 1.80 bits per heavy atom. The van der Waals surface area contributed by atoms with Crippen LogP contribution < -0.4 is 5.32 Å². The maximum absolute atomic E-state index is 11.2. The van der Waals surface area contributed by atoms with Crippen LogP contribution in [0.4, 0.5) is 0 Å². The molecule has 1 N–H and O–H groups in total. The monoisotopic (exact) mass is 215 g/mol. The SMILES string of the molecule is CCCCCCCC(=O)NCC(=O)OC. The fraction of sp³-hybridized carbons (Fsp3) is 0.818. The zero-order valence-electron chi connectivity index (χ0n) is 9.67. The standard InChI is InChI=1S/C11H21NO3/c1-3-4-5-6-7-8-10(13)12-9-11(14)15-2/h3-9H2,1-2H3,(H,12,13). The second-order valence-electron chi connectivity index (χ2n) is 3.52. The highest BCUT2D eigenvalue weighted by Crippen LogP contribution is 2.04. The first kappa shape index (κ1) is 13.9. The number of carbonyl (C=O) groups is 2. The molecule has 88 valence electrons. The van der Waals surface area contributed by atoms with Crippen molar-refractivity contribution in [1.29, 1.82) is 0 Å². The highest BCUT2D eigenvalue weighted by molar-refractivity contribution is 5.81. The van der Waals surface area contributed by atoms with Gasteiger partial charge in [-0.3, -0.25) is 9.59 Å². The Balaban J connectivity index is 3.30.